The van der Waals surface area contributed by atoms with Crippen LogP contribution in [0.5, 0.6) is 0 Å². The Morgan fingerprint density at radius 1 is 0.840 bits per heavy atom. The Balaban J connectivity index is 1.60. The van der Waals surface area contributed by atoms with Gasteiger partial charge in [0.25, 0.3) is 0 Å². The molecular formula is C23H32N2. The molecule has 0 aliphatic heterocycles. The van der Waals surface area contributed by atoms with Crippen LogP contribution in [-0.2, 0) is 6.42 Å². The molecule has 0 amide bonds. The summed E-state index contributed by atoms with van der Waals surface area (Å²) in [5.74, 6) is 2.54. The van der Waals surface area contributed by atoms with Gasteiger partial charge in [0.2, 0.25) is 0 Å². The molecule has 2 nitrogen and oxygen atoms in total. The lowest BCUT2D eigenvalue weighted by atomic mass is 9.80. The van der Waals surface area contributed by atoms with Crippen molar-refractivity contribution in [3.63, 3.8) is 0 Å². The molecule has 134 valence electrons. The predicted molar refractivity (Wildman–Crippen MR) is 106 cm³/mol. The van der Waals surface area contributed by atoms with Crippen molar-refractivity contribution in [2.45, 2.75) is 77.6 Å². The molecule has 0 atom stereocenters. The van der Waals surface area contributed by atoms with Crippen molar-refractivity contribution < 1.29 is 0 Å². The van der Waals surface area contributed by atoms with E-state index in [9.17, 15) is 0 Å². The van der Waals surface area contributed by atoms with Crippen LogP contribution in [0.4, 0.5) is 0 Å². The molecule has 2 heteroatoms. The van der Waals surface area contributed by atoms with Crippen LogP contribution in [0.3, 0.4) is 0 Å². The SMILES string of the molecule is CCCCCc1ccc(-c2cnc(C3CCC(CC)CC3)nc2)cc1. The molecule has 1 aromatic carbocycles. The van der Waals surface area contributed by atoms with E-state index in [4.69, 9.17) is 9.97 Å². The van der Waals surface area contributed by atoms with Gasteiger partial charge in [0.15, 0.2) is 0 Å². The molecule has 1 aliphatic carbocycles. The number of benzene rings is 1. The number of aryl methyl sites for hydroxylation is 1. The lowest BCUT2D eigenvalue weighted by Gasteiger charge is -2.26. The average Bonchev–Trinajstić information content (AvgIpc) is 2.69. The van der Waals surface area contributed by atoms with Gasteiger partial charge in [0, 0.05) is 23.9 Å². The van der Waals surface area contributed by atoms with Crippen molar-refractivity contribution in [1.82, 2.24) is 9.97 Å². The maximum atomic E-state index is 4.70. The highest BCUT2D eigenvalue weighted by Gasteiger charge is 2.23. The quantitative estimate of drug-likeness (QED) is 0.535. The number of aromatic nitrogens is 2. The van der Waals surface area contributed by atoms with Gasteiger partial charge in [-0.1, -0.05) is 57.4 Å². The third kappa shape index (κ3) is 4.90. The van der Waals surface area contributed by atoms with Gasteiger partial charge >= 0.3 is 0 Å². The largest absolute Gasteiger partial charge is 0.240 e. The first kappa shape index (κ1) is 18.1. The van der Waals surface area contributed by atoms with E-state index in [-0.39, 0.29) is 0 Å². The van der Waals surface area contributed by atoms with E-state index in [1.165, 1.54) is 68.9 Å². The monoisotopic (exact) mass is 336 g/mol. The molecule has 2 aromatic rings. The van der Waals surface area contributed by atoms with Crippen LogP contribution in [0.15, 0.2) is 36.7 Å². The van der Waals surface area contributed by atoms with Gasteiger partial charge in [0.05, 0.1) is 0 Å². The summed E-state index contributed by atoms with van der Waals surface area (Å²) in [5, 5.41) is 0. The normalized spacial score (nSPS) is 20.6. The second-order valence-corrected chi connectivity index (χ2v) is 7.61. The molecular weight excluding hydrogens is 304 g/mol. The summed E-state index contributed by atoms with van der Waals surface area (Å²) in [6.07, 6.45) is 15.6. The Kier molecular flexibility index (Phi) is 6.61. The maximum Gasteiger partial charge on any atom is 0.131 e. The fourth-order valence-electron chi connectivity index (χ4n) is 3.97. The minimum Gasteiger partial charge on any atom is -0.240 e. The van der Waals surface area contributed by atoms with Gasteiger partial charge in [-0.25, -0.2) is 9.97 Å². The molecule has 0 spiro atoms. The topological polar surface area (TPSA) is 25.8 Å². The van der Waals surface area contributed by atoms with Crippen molar-refractivity contribution >= 4 is 0 Å². The maximum absolute atomic E-state index is 4.70. The van der Waals surface area contributed by atoms with Gasteiger partial charge in [-0.05, 0) is 55.6 Å². The summed E-state index contributed by atoms with van der Waals surface area (Å²) in [7, 11) is 0. The van der Waals surface area contributed by atoms with Crippen LogP contribution in [-0.4, -0.2) is 9.97 Å². The summed E-state index contributed by atoms with van der Waals surface area (Å²) < 4.78 is 0. The molecule has 1 saturated carbocycles. The van der Waals surface area contributed by atoms with Crippen LogP contribution in [0.1, 0.15) is 82.5 Å². The molecule has 0 unspecified atom stereocenters. The molecule has 1 aliphatic rings. The van der Waals surface area contributed by atoms with E-state index >= 15 is 0 Å². The summed E-state index contributed by atoms with van der Waals surface area (Å²) in [6, 6.07) is 8.94. The van der Waals surface area contributed by atoms with Crippen LogP contribution >= 0.6 is 0 Å². The van der Waals surface area contributed by atoms with Gasteiger partial charge in [-0.2, -0.15) is 0 Å². The number of rotatable bonds is 7. The summed E-state index contributed by atoms with van der Waals surface area (Å²) in [6.45, 7) is 4.56. The van der Waals surface area contributed by atoms with E-state index in [1.54, 1.807) is 0 Å². The van der Waals surface area contributed by atoms with Crippen molar-refractivity contribution in [3.8, 4) is 11.1 Å². The van der Waals surface area contributed by atoms with E-state index in [2.05, 4.69) is 38.1 Å². The second kappa shape index (κ2) is 9.12. The fraction of sp³-hybridized carbons (Fsp3) is 0.565. The standard InChI is InChI=1S/C23H32N2/c1-3-5-6-7-19-10-12-20(13-11-19)22-16-24-23(25-17-22)21-14-8-18(4-2)9-15-21/h10-13,16-18,21H,3-9,14-15H2,1-2H3. The molecule has 1 fully saturated rings. The van der Waals surface area contributed by atoms with Crippen molar-refractivity contribution in [2.75, 3.05) is 0 Å². The number of hydrogen-bond acceptors (Lipinski definition) is 2. The Hall–Kier alpha value is -1.70. The zero-order valence-electron chi connectivity index (χ0n) is 15.9. The first-order valence-corrected chi connectivity index (χ1v) is 10.2. The number of unbranched alkanes of at least 4 members (excludes halogenated alkanes) is 2. The summed E-state index contributed by atoms with van der Waals surface area (Å²) in [5.41, 5.74) is 3.79. The first-order chi connectivity index (χ1) is 12.3. The zero-order chi connectivity index (χ0) is 17.5. The lowest BCUT2D eigenvalue weighted by molar-refractivity contribution is 0.312. The molecule has 0 N–H and O–H groups in total. The smallest absolute Gasteiger partial charge is 0.131 e. The Morgan fingerprint density at radius 2 is 1.52 bits per heavy atom. The Labute approximate surface area is 153 Å². The summed E-state index contributed by atoms with van der Waals surface area (Å²) in [4.78, 5) is 9.40. The van der Waals surface area contributed by atoms with Crippen LogP contribution in [0.2, 0.25) is 0 Å². The number of nitrogens with zero attached hydrogens (tertiary/aromatic N) is 2. The third-order valence-electron chi connectivity index (χ3n) is 5.82. The van der Waals surface area contributed by atoms with Crippen LogP contribution in [0, 0.1) is 5.92 Å². The number of hydrogen-bond donors (Lipinski definition) is 0. The van der Waals surface area contributed by atoms with Gasteiger partial charge in [0.1, 0.15) is 5.82 Å². The molecule has 25 heavy (non-hydrogen) atoms. The molecule has 0 bridgehead atoms. The molecule has 3 rings (SSSR count). The molecule has 1 heterocycles. The van der Waals surface area contributed by atoms with Gasteiger partial charge < -0.3 is 0 Å². The zero-order valence-corrected chi connectivity index (χ0v) is 15.9. The van der Waals surface area contributed by atoms with E-state index in [0.29, 0.717) is 5.92 Å². The van der Waals surface area contributed by atoms with Crippen molar-refractivity contribution in [2.24, 2.45) is 5.92 Å². The minimum absolute atomic E-state index is 0.567. The lowest BCUT2D eigenvalue weighted by Crippen LogP contribution is -2.14. The van der Waals surface area contributed by atoms with Crippen molar-refractivity contribution in [3.05, 3.63) is 48.0 Å². The van der Waals surface area contributed by atoms with Crippen LogP contribution in [0.25, 0.3) is 11.1 Å². The molecule has 1 aromatic heterocycles. The Bertz CT molecular complexity index is 622. The van der Waals surface area contributed by atoms with Gasteiger partial charge in [-0.15, -0.1) is 0 Å². The highest BCUT2D eigenvalue weighted by atomic mass is 14.9. The van der Waals surface area contributed by atoms with E-state index in [0.717, 1.165) is 17.3 Å². The van der Waals surface area contributed by atoms with Crippen molar-refractivity contribution in [1.29, 1.82) is 0 Å². The second-order valence-electron chi connectivity index (χ2n) is 7.61. The fourth-order valence-corrected chi connectivity index (χ4v) is 3.97. The molecule has 0 saturated heterocycles. The predicted octanol–water partition coefficient (Wildman–Crippen LogP) is 6.56. The third-order valence-corrected chi connectivity index (χ3v) is 5.82. The first-order valence-electron chi connectivity index (χ1n) is 10.2. The highest BCUT2D eigenvalue weighted by molar-refractivity contribution is 5.61. The summed E-state index contributed by atoms with van der Waals surface area (Å²) >= 11 is 0. The van der Waals surface area contributed by atoms with E-state index in [1.807, 2.05) is 12.4 Å². The van der Waals surface area contributed by atoms with Gasteiger partial charge in [-0.3, -0.25) is 0 Å². The average molecular weight is 337 g/mol. The molecule has 0 radical (unpaired) electrons. The highest BCUT2D eigenvalue weighted by Crippen LogP contribution is 2.35. The van der Waals surface area contributed by atoms with Crippen LogP contribution < -0.4 is 0 Å². The van der Waals surface area contributed by atoms with E-state index < -0.39 is 0 Å². The minimum atomic E-state index is 0.567. The Morgan fingerprint density at radius 3 is 2.12 bits per heavy atom.